The van der Waals surface area contributed by atoms with Gasteiger partial charge in [-0.1, -0.05) is 0 Å². The number of carbonyl (C=O) groups excluding carboxylic acids is 1. The van der Waals surface area contributed by atoms with Crippen molar-refractivity contribution in [2.75, 3.05) is 0 Å². The van der Waals surface area contributed by atoms with E-state index < -0.39 is 0 Å². The van der Waals surface area contributed by atoms with Crippen molar-refractivity contribution in [1.29, 1.82) is 0 Å². The number of nitrogens with zero attached hydrogens (tertiary/aromatic N) is 1. The van der Waals surface area contributed by atoms with E-state index in [1.54, 1.807) is 12.1 Å². The number of aromatic amines is 1. The molecule has 4 unspecified atom stereocenters. The van der Waals surface area contributed by atoms with Crippen molar-refractivity contribution in [3.05, 3.63) is 35.8 Å². The minimum Gasteiger partial charge on any atom is -0.361 e. The minimum absolute atomic E-state index is 0.224. The molecule has 4 fully saturated rings. The molecule has 2 saturated carbocycles. The summed E-state index contributed by atoms with van der Waals surface area (Å²) in [5, 5.41) is 0.904. The van der Waals surface area contributed by atoms with Crippen molar-refractivity contribution in [2.24, 2.45) is 11.8 Å². The van der Waals surface area contributed by atoms with E-state index in [0.29, 0.717) is 30.8 Å². The lowest BCUT2D eigenvalue weighted by Crippen LogP contribution is -2.45. The highest BCUT2D eigenvalue weighted by Crippen LogP contribution is 2.52. The lowest BCUT2D eigenvalue weighted by molar-refractivity contribution is -0.135. The van der Waals surface area contributed by atoms with Crippen molar-refractivity contribution >= 4 is 16.8 Å². The summed E-state index contributed by atoms with van der Waals surface area (Å²) in [5.41, 5.74) is 1.98. The third-order valence-electron chi connectivity index (χ3n) is 6.31. The van der Waals surface area contributed by atoms with E-state index in [1.165, 1.54) is 31.7 Å². The second-order valence-corrected chi connectivity index (χ2v) is 7.59. The topological polar surface area (TPSA) is 36.1 Å². The summed E-state index contributed by atoms with van der Waals surface area (Å²) in [6, 6.07) is 5.81. The summed E-state index contributed by atoms with van der Waals surface area (Å²) >= 11 is 0. The van der Waals surface area contributed by atoms with Crippen LogP contribution in [-0.4, -0.2) is 27.9 Å². The third-order valence-corrected chi connectivity index (χ3v) is 6.31. The fourth-order valence-electron chi connectivity index (χ4n) is 5.45. The van der Waals surface area contributed by atoms with Gasteiger partial charge >= 0.3 is 0 Å². The molecule has 0 radical (unpaired) electrons. The number of H-pyrrole nitrogens is 1. The van der Waals surface area contributed by atoms with Gasteiger partial charge in [-0.05, 0) is 67.7 Å². The van der Waals surface area contributed by atoms with Gasteiger partial charge in [0.2, 0.25) is 5.91 Å². The summed E-state index contributed by atoms with van der Waals surface area (Å²) in [4.78, 5) is 18.1. The number of hydrogen-bond donors (Lipinski definition) is 1. The molecule has 6 rings (SSSR count). The Morgan fingerprint density at radius 3 is 3.04 bits per heavy atom. The largest absolute Gasteiger partial charge is 0.361 e. The van der Waals surface area contributed by atoms with E-state index in [4.69, 9.17) is 0 Å². The lowest BCUT2D eigenvalue weighted by Gasteiger charge is -2.36. The number of halogens is 1. The van der Waals surface area contributed by atoms with Crippen LogP contribution in [0, 0.1) is 17.7 Å². The van der Waals surface area contributed by atoms with E-state index in [0.717, 1.165) is 28.3 Å². The minimum atomic E-state index is -0.224. The Labute approximate surface area is 134 Å². The maximum Gasteiger partial charge on any atom is 0.223 e. The van der Waals surface area contributed by atoms with Gasteiger partial charge in [-0.25, -0.2) is 4.39 Å². The number of nitrogens with one attached hydrogen (secondary N) is 1. The molecular weight excluding hydrogens is 291 g/mol. The monoisotopic (exact) mass is 312 g/mol. The summed E-state index contributed by atoms with van der Waals surface area (Å²) in [7, 11) is 0. The standard InChI is InChI=1S/C19H21FN2O/c20-14-2-3-17-16(9-14)12(10-21-17)1-4-19(23)22-15-6-11-5-13(8-15)18(22)7-11/h2-3,9-11,13,15,18,21H,1,4-8H2. The number of aryl methyl sites for hydroxylation is 1. The maximum atomic E-state index is 13.5. The van der Waals surface area contributed by atoms with Crippen molar-refractivity contribution in [3.8, 4) is 0 Å². The molecule has 1 aromatic heterocycles. The molecule has 2 aromatic rings. The summed E-state index contributed by atoms with van der Waals surface area (Å²) in [5.74, 6) is 1.72. The maximum absolute atomic E-state index is 13.5. The van der Waals surface area contributed by atoms with Crippen molar-refractivity contribution < 1.29 is 9.18 Å². The molecule has 4 aliphatic rings. The highest BCUT2D eigenvalue weighted by Gasteiger charge is 2.53. The Morgan fingerprint density at radius 2 is 2.17 bits per heavy atom. The van der Waals surface area contributed by atoms with Gasteiger partial charge in [-0.15, -0.1) is 0 Å². The second kappa shape index (κ2) is 4.83. The van der Waals surface area contributed by atoms with E-state index in [1.807, 2.05) is 6.20 Å². The van der Waals surface area contributed by atoms with Crippen LogP contribution >= 0.6 is 0 Å². The zero-order chi connectivity index (χ0) is 15.6. The van der Waals surface area contributed by atoms with Crippen molar-refractivity contribution in [1.82, 2.24) is 9.88 Å². The fourth-order valence-corrected chi connectivity index (χ4v) is 5.45. The first-order valence-electron chi connectivity index (χ1n) is 8.75. The van der Waals surface area contributed by atoms with Gasteiger partial charge in [0, 0.05) is 35.6 Å². The number of hydrogen-bond acceptors (Lipinski definition) is 1. The highest BCUT2D eigenvalue weighted by molar-refractivity contribution is 5.84. The number of aromatic nitrogens is 1. The number of fused-ring (bicyclic) bond motifs is 1. The molecule has 0 spiro atoms. The number of carbonyl (C=O) groups is 1. The Kier molecular flexibility index (Phi) is 2.85. The number of amides is 1. The highest BCUT2D eigenvalue weighted by atomic mass is 19.1. The molecule has 3 heterocycles. The summed E-state index contributed by atoms with van der Waals surface area (Å²) < 4.78 is 13.5. The Hall–Kier alpha value is -1.84. The molecule has 1 amide bonds. The van der Waals surface area contributed by atoms with Crippen LogP contribution in [0.4, 0.5) is 4.39 Å². The second-order valence-electron chi connectivity index (χ2n) is 7.59. The number of rotatable bonds is 3. The SMILES string of the molecule is O=C(CCc1c[nH]c2ccc(F)cc12)N1C2CC3CC(C2)C1C3. The first kappa shape index (κ1) is 13.6. The Morgan fingerprint density at radius 1 is 1.26 bits per heavy atom. The third kappa shape index (κ3) is 2.03. The molecule has 4 atom stereocenters. The van der Waals surface area contributed by atoms with Gasteiger partial charge in [-0.3, -0.25) is 4.79 Å². The van der Waals surface area contributed by atoms with Crippen molar-refractivity contribution in [2.45, 2.75) is 50.6 Å². The predicted molar refractivity (Wildman–Crippen MR) is 86.4 cm³/mol. The normalized spacial score (nSPS) is 31.4. The molecule has 2 aliphatic heterocycles. The van der Waals surface area contributed by atoms with E-state index in [-0.39, 0.29) is 5.82 Å². The Balaban J connectivity index is 1.32. The van der Waals surface area contributed by atoms with Gasteiger partial charge in [0.25, 0.3) is 0 Å². The molecule has 2 saturated heterocycles. The average molecular weight is 312 g/mol. The van der Waals surface area contributed by atoms with Crippen molar-refractivity contribution in [3.63, 3.8) is 0 Å². The van der Waals surface area contributed by atoms with Crippen LogP contribution in [0.1, 0.15) is 37.7 Å². The molecule has 4 heteroatoms. The van der Waals surface area contributed by atoms with E-state index in [9.17, 15) is 9.18 Å². The molecule has 1 aromatic carbocycles. The smallest absolute Gasteiger partial charge is 0.223 e. The molecular formula is C19H21FN2O. The first-order valence-corrected chi connectivity index (χ1v) is 8.75. The molecule has 1 N–H and O–H groups in total. The Bertz CT molecular complexity index is 779. The quantitative estimate of drug-likeness (QED) is 0.923. The van der Waals surface area contributed by atoms with Gasteiger partial charge < -0.3 is 9.88 Å². The van der Waals surface area contributed by atoms with E-state index in [2.05, 4.69) is 9.88 Å². The zero-order valence-electron chi connectivity index (χ0n) is 13.1. The van der Waals surface area contributed by atoms with Crippen LogP contribution in [0.2, 0.25) is 0 Å². The molecule has 23 heavy (non-hydrogen) atoms. The van der Waals surface area contributed by atoms with Gasteiger partial charge in [0.1, 0.15) is 5.82 Å². The molecule has 120 valence electrons. The van der Waals surface area contributed by atoms with Crippen LogP contribution in [0.5, 0.6) is 0 Å². The average Bonchev–Trinajstić information content (AvgIpc) is 3.13. The molecule has 2 aliphatic carbocycles. The first-order chi connectivity index (χ1) is 11.2. The van der Waals surface area contributed by atoms with Gasteiger partial charge in [0.05, 0.1) is 0 Å². The van der Waals surface area contributed by atoms with Crippen LogP contribution in [-0.2, 0) is 11.2 Å². The van der Waals surface area contributed by atoms with Crippen LogP contribution in [0.25, 0.3) is 10.9 Å². The predicted octanol–water partition coefficient (Wildman–Crippen LogP) is 3.64. The van der Waals surface area contributed by atoms with E-state index >= 15 is 0 Å². The molecule has 3 nitrogen and oxygen atoms in total. The number of piperidine rings is 1. The number of benzene rings is 1. The van der Waals surface area contributed by atoms with Crippen LogP contribution < -0.4 is 0 Å². The van der Waals surface area contributed by atoms with Gasteiger partial charge in [-0.2, -0.15) is 0 Å². The molecule has 4 bridgehead atoms. The fraction of sp³-hybridized carbons (Fsp3) is 0.526. The van der Waals surface area contributed by atoms with Crippen LogP contribution in [0.3, 0.4) is 0 Å². The summed E-state index contributed by atoms with van der Waals surface area (Å²) in [6.07, 6.45) is 8.15. The van der Waals surface area contributed by atoms with Gasteiger partial charge in [0.15, 0.2) is 0 Å². The summed E-state index contributed by atoms with van der Waals surface area (Å²) in [6.45, 7) is 0. The zero-order valence-corrected chi connectivity index (χ0v) is 13.1. The lowest BCUT2D eigenvalue weighted by atomic mass is 9.87. The van der Waals surface area contributed by atoms with Crippen LogP contribution in [0.15, 0.2) is 24.4 Å².